The lowest BCUT2D eigenvalue weighted by Crippen LogP contribution is -2.24. The zero-order valence-corrected chi connectivity index (χ0v) is 22.5. The molecule has 0 aliphatic rings. The molecule has 4 aromatic rings. The van der Waals surface area contributed by atoms with E-state index in [0.717, 1.165) is 54.8 Å². The van der Waals surface area contributed by atoms with E-state index in [2.05, 4.69) is 40.2 Å². The van der Waals surface area contributed by atoms with Crippen LogP contribution in [-0.2, 0) is 13.0 Å². The molecule has 8 heteroatoms. The second-order valence-electron chi connectivity index (χ2n) is 8.93. The molecule has 1 aromatic heterocycles. The Hall–Kier alpha value is -4.20. The van der Waals surface area contributed by atoms with Gasteiger partial charge in [-0.2, -0.15) is 0 Å². The standard InChI is InChI=1S/C30H35N3O5/c1-35-23-15-13-21(14-16-23)20-33-25-11-8-7-10-24(25)32-28(33)12-6-5-9-17-31-30(34)22-18-26(36-2)29(38-4)27(19-22)37-3/h7-8,10-11,13-16,18-19H,5-6,9,12,17,20H2,1-4H3,(H,31,34). The molecule has 1 heterocycles. The number of para-hydroxylation sites is 2. The van der Waals surface area contributed by atoms with E-state index in [-0.39, 0.29) is 5.91 Å². The first kappa shape index (κ1) is 26.9. The number of methoxy groups -OCH3 is 4. The van der Waals surface area contributed by atoms with Crippen molar-refractivity contribution in [2.45, 2.75) is 32.2 Å². The summed E-state index contributed by atoms with van der Waals surface area (Å²) in [6, 6.07) is 19.7. The molecule has 1 N–H and O–H groups in total. The Kier molecular flexibility index (Phi) is 9.08. The smallest absolute Gasteiger partial charge is 0.251 e. The predicted molar refractivity (Wildman–Crippen MR) is 148 cm³/mol. The number of carbonyl (C=O) groups excluding carboxylic acids is 1. The molecule has 200 valence electrons. The van der Waals surface area contributed by atoms with Crippen LogP contribution in [0.4, 0.5) is 0 Å². The molecule has 0 aliphatic heterocycles. The molecular weight excluding hydrogens is 482 g/mol. The van der Waals surface area contributed by atoms with Crippen LogP contribution in [0, 0.1) is 0 Å². The molecular formula is C30H35N3O5. The van der Waals surface area contributed by atoms with Crippen molar-refractivity contribution in [1.82, 2.24) is 14.9 Å². The van der Waals surface area contributed by atoms with Gasteiger partial charge in [0.2, 0.25) is 5.75 Å². The molecule has 38 heavy (non-hydrogen) atoms. The highest BCUT2D eigenvalue weighted by Crippen LogP contribution is 2.38. The maximum atomic E-state index is 12.7. The van der Waals surface area contributed by atoms with Gasteiger partial charge < -0.3 is 28.8 Å². The third-order valence-electron chi connectivity index (χ3n) is 6.52. The van der Waals surface area contributed by atoms with Gasteiger partial charge in [0.25, 0.3) is 5.91 Å². The van der Waals surface area contributed by atoms with Gasteiger partial charge in [0.15, 0.2) is 11.5 Å². The molecule has 0 spiro atoms. The molecule has 0 radical (unpaired) electrons. The number of rotatable bonds is 13. The summed E-state index contributed by atoms with van der Waals surface area (Å²) in [6.45, 7) is 1.34. The van der Waals surface area contributed by atoms with E-state index < -0.39 is 0 Å². The van der Waals surface area contributed by atoms with Crippen LogP contribution >= 0.6 is 0 Å². The fraction of sp³-hybridized carbons (Fsp3) is 0.333. The Bertz CT molecular complexity index is 1340. The van der Waals surface area contributed by atoms with Crippen molar-refractivity contribution < 1.29 is 23.7 Å². The van der Waals surface area contributed by atoms with Crippen molar-refractivity contribution in [3.05, 3.63) is 77.6 Å². The average molecular weight is 518 g/mol. The summed E-state index contributed by atoms with van der Waals surface area (Å²) in [4.78, 5) is 17.6. The molecule has 0 aliphatic carbocycles. The monoisotopic (exact) mass is 517 g/mol. The van der Waals surface area contributed by atoms with E-state index in [9.17, 15) is 4.79 Å². The van der Waals surface area contributed by atoms with Crippen molar-refractivity contribution in [3.8, 4) is 23.0 Å². The maximum absolute atomic E-state index is 12.7. The SMILES string of the molecule is COc1ccc(Cn2c(CCCCCNC(=O)c3cc(OC)c(OC)c(OC)c3)nc3ccccc32)cc1. The molecule has 0 unspecified atom stereocenters. The van der Waals surface area contributed by atoms with E-state index in [0.29, 0.717) is 29.4 Å². The molecule has 0 bridgehead atoms. The number of hydrogen-bond donors (Lipinski definition) is 1. The molecule has 8 nitrogen and oxygen atoms in total. The van der Waals surface area contributed by atoms with Crippen LogP contribution in [0.5, 0.6) is 23.0 Å². The number of hydrogen-bond acceptors (Lipinski definition) is 6. The Morgan fingerprint density at radius 2 is 1.55 bits per heavy atom. The molecule has 0 atom stereocenters. The van der Waals surface area contributed by atoms with E-state index in [1.165, 1.54) is 26.9 Å². The van der Waals surface area contributed by atoms with Crippen LogP contribution in [0.2, 0.25) is 0 Å². The first-order valence-electron chi connectivity index (χ1n) is 12.7. The van der Waals surface area contributed by atoms with E-state index in [4.69, 9.17) is 23.9 Å². The number of aryl methyl sites for hydroxylation is 1. The number of ether oxygens (including phenoxy) is 4. The number of nitrogens with one attached hydrogen (secondary N) is 1. The number of benzene rings is 3. The molecule has 0 fully saturated rings. The highest BCUT2D eigenvalue weighted by molar-refractivity contribution is 5.95. The number of aromatic nitrogens is 2. The molecule has 3 aromatic carbocycles. The first-order chi connectivity index (χ1) is 18.6. The van der Waals surface area contributed by atoms with Crippen molar-refractivity contribution in [1.29, 1.82) is 0 Å². The Morgan fingerprint density at radius 3 is 2.21 bits per heavy atom. The minimum Gasteiger partial charge on any atom is -0.497 e. The van der Waals surface area contributed by atoms with Crippen LogP contribution in [0.25, 0.3) is 11.0 Å². The molecule has 1 amide bonds. The topological polar surface area (TPSA) is 83.8 Å². The summed E-state index contributed by atoms with van der Waals surface area (Å²) >= 11 is 0. The Balaban J connectivity index is 1.32. The summed E-state index contributed by atoms with van der Waals surface area (Å²) in [5, 5.41) is 2.99. The van der Waals surface area contributed by atoms with Crippen LogP contribution in [-0.4, -0.2) is 50.4 Å². The molecule has 0 saturated carbocycles. The zero-order chi connectivity index (χ0) is 26.9. The summed E-state index contributed by atoms with van der Waals surface area (Å²) in [6.07, 6.45) is 3.69. The highest BCUT2D eigenvalue weighted by atomic mass is 16.5. The number of carbonyl (C=O) groups is 1. The number of amides is 1. The second-order valence-corrected chi connectivity index (χ2v) is 8.93. The van der Waals surface area contributed by atoms with Gasteiger partial charge in [-0.1, -0.05) is 30.7 Å². The Morgan fingerprint density at radius 1 is 0.842 bits per heavy atom. The molecule has 4 rings (SSSR count). The van der Waals surface area contributed by atoms with Gasteiger partial charge in [-0.3, -0.25) is 4.79 Å². The fourth-order valence-corrected chi connectivity index (χ4v) is 4.51. The quantitative estimate of drug-likeness (QED) is 0.244. The van der Waals surface area contributed by atoms with Gasteiger partial charge in [0.1, 0.15) is 11.6 Å². The van der Waals surface area contributed by atoms with E-state index in [1.54, 1.807) is 19.2 Å². The van der Waals surface area contributed by atoms with Gasteiger partial charge in [-0.15, -0.1) is 0 Å². The first-order valence-corrected chi connectivity index (χ1v) is 12.7. The summed E-state index contributed by atoms with van der Waals surface area (Å²) in [7, 11) is 6.28. The summed E-state index contributed by atoms with van der Waals surface area (Å²) < 4.78 is 23.6. The lowest BCUT2D eigenvalue weighted by molar-refractivity contribution is 0.0952. The van der Waals surface area contributed by atoms with E-state index in [1.807, 2.05) is 18.2 Å². The van der Waals surface area contributed by atoms with Gasteiger partial charge >= 0.3 is 0 Å². The lowest BCUT2D eigenvalue weighted by Gasteiger charge is -2.14. The van der Waals surface area contributed by atoms with Gasteiger partial charge in [0.05, 0.1) is 39.5 Å². The third-order valence-corrected chi connectivity index (χ3v) is 6.52. The highest BCUT2D eigenvalue weighted by Gasteiger charge is 2.17. The second kappa shape index (κ2) is 12.9. The van der Waals surface area contributed by atoms with E-state index >= 15 is 0 Å². The number of fused-ring (bicyclic) bond motifs is 1. The summed E-state index contributed by atoms with van der Waals surface area (Å²) in [5.41, 5.74) is 3.81. The van der Waals surface area contributed by atoms with Crippen LogP contribution in [0.3, 0.4) is 0 Å². The minimum atomic E-state index is -0.175. The largest absolute Gasteiger partial charge is 0.497 e. The fourth-order valence-electron chi connectivity index (χ4n) is 4.51. The normalized spacial score (nSPS) is 10.8. The van der Waals surface area contributed by atoms with Crippen LogP contribution in [0.15, 0.2) is 60.7 Å². The third kappa shape index (κ3) is 6.19. The average Bonchev–Trinajstić information content (AvgIpc) is 3.31. The van der Waals surface area contributed by atoms with Gasteiger partial charge in [-0.25, -0.2) is 4.98 Å². The van der Waals surface area contributed by atoms with Crippen molar-refractivity contribution in [2.24, 2.45) is 0 Å². The van der Waals surface area contributed by atoms with Crippen molar-refractivity contribution in [2.75, 3.05) is 35.0 Å². The van der Waals surface area contributed by atoms with Gasteiger partial charge in [0, 0.05) is 25.1 Å². The number of unbranched alkanes of at least 4 members (excludes halogenated alkanes) is 2. The zero-order valence-electron chi connectivity index (χ0n) is 22.5. The van der Waals surface area contributed by atoms with Crippen molar-refractivity contribution in [3.63, 3.8) is 0 Å². The summed E-state index contributed by atoms with van der Waals surface area (Å²) in [5.74, 6) is 3.12. The lowest BCUT2D eigenvalue weighted by atomic mass is 10.1. The maximum Gasteiger partial charge on any atom is 0.251 e. The van der Waals surface area contributed by atoms with Crippen LogP contribution < -0.4 is 24.3 Å². The van der Waals surface area contributed by atoms with Crippen LogP contribution in [0.1, 0.15) is 41.0 Å². The number of nitrogens with zero attached hydrogens (tertiary/aromatic N) is 2. The molecule has 0 saturated heterocycles. The van der Waals surface area contributed by atoms with Crippen molar-refractivity contribution >= 4 is 16.9 Å². The minimum absolute atomic E-state index is 0.175. The predicted octanol–water partition coefficient (Wildman–Crippen LogP) is 5.26. The Labute approximate surface area is 223 Å². The van der Waals surface area contributed by atoms with Gasteiger partial charge in [-0.05, 0) is 54.8 Å². The number of imidazole rings is 1.